The normalized spacial score (nSPS) is 10.4. The van der Waals surface area contributed by atoms with Crippen molar-refractivity contribution in [2.24, 2.45) is 0 Å². The summed E-state index contributed by atoms with van der Waals surface area (Å²) in [6.07, 6.45) is 4.98. The van der Waals surface area contributed by atoms with E-state index in [-0.39, 0.29) is 5.91 Å². The summed E-state index contributed by atoms with van der Waals surface area (Å²) in [7, 11) is 0. The third-order valence-electron chi connectivity index (χ3n) is 3.38. The maximum atomic E-state index is 12.2. The van der Waals surface area contributed by atoms with Crippen LogP contribution in [-0.4, -0.2) is 10.9 Å². The van der Waals surface area contributed by atoms with Crippen molar-refractivity contribution in [1.82, 2.24) is 4.98 Å². The number of nitrogen functional groups attached to an aromatic ring is 1. The third kappa shape index (κ3) is 4.05. The number of aryl methyl sites for hydroxylation is 2. The fourth-order valence-corrected chi connectivity index (χ4v) is 2.11. The number of nitrogens with two attached hydrogens (primary N) is 1. The number of carbonyl (C=O) groups is 1. The first-order valence-electron chi connectivity index (χ1n) is 7.22. The molecule has 110 valence electrons. The van der Waals surface area contributed by atoms with Crippen molar-refractivity contribution in [3.63, 3.8) is 0 Å². The highest BCUT2D eigenvalue weighted by atomic mass is 16.1. The molecule has 4 heteroatoms. The molecule has 0 saturated heterocycles. The van der Waals surface area contributed by atoms with E-state index in [1.54, 1.807) is 19.2 Å². The van der Waals surface area contributed by atoms with Gasteiger partial charge in [0.25, 0.3) is 5.91 Å². The molecule has 0 aliphatic heterocycles. The first-order valence-corrected chi connectivity index (χ1v) is 7.22. The van der Waals surface area contributed by atoms with Gasteiger partial charge < -0.3 is 11.1 Å². The van der Waals surface area contributed by atoms with Gasteiger partial charge in [-0.2, -0.15) is 0 Å². The van der Waals surface area contributed by atoms with E-state index < -0.39 is 0 Å². The van der Waals surface area contributed by atoms with Crippen molar-refractivity contribution >= 4 is 17.3 Å². The average molecular weight is 283 g/mol. The number of carbonyl (C=O) groups excluding carboxylic acids is 1. The van der Waals surface area contributed by atoms with Gasteiger partial charge in [-0.3, -0.25) is 9.78 Å². The highest BCUT2D eigenvalue weighted by Gasteiger charge is 2.10. The van der Waals surface area contributed by atoms with Crippen LogP contribution in [0.3, 0.4) is 0 Å². The number of aromatic nitrogens is 1. The molecular weight excluding hydrogens is 262 g/mol. The van der Waals surface area contributed by atoms with Crippen LogP contribution in [0.25, 0.3) is 0 Å². The summed E-state index contributed by atoms with van der Waals surface area (Å²) in [6, 6.07) is 9.61. The number of nitrogens with zero attached hydrogens (tertiary/aromatic N) is 1. The van der Waals surface area contributed by atoms with Crippen LogP contribution in [0.2, 0.25) is 0 Å². The van der Waals surface area contributed by atoms with E-state index in [2.05, 4.69) is 29.4 Å². The van der Waals surface area contributed by atoms with Crippen LogP contribution in [0.15, 0.2) is 36.5 Å². The lowest BCUT2D eigenvalue weighted by molar-refractivity contribution is 0.102. The monoisotopic (exact) mass is 283 g/mol. The quantitative estimate of drug-likeness (QED) is 0.881. The van der Waals surface area contributed by atoms with Gasteiger partial charge in [-0.25, -0.2) is 0 Å². The van der Waals surface area contributed by atoms with E-state index in [4.69, 9.17) is 5.73 Å². The minimum Gasteiger partial charge on any atom is -0.397 e. The molecule has 3 N–H and O–H groups in total. The number of pyridine rings is 1. The molecule has 1 aromatic carbocycles. The zero-order valence-electron chi connectivity index (χ0n) is 12.5. The zero-order chi connectivity index (χ0) is 15.2. The molecule has 1 heterocycles. The van der Waals surface area contributed by atoms with Gasteiger partial charge in [-0.05, 0) is 43.5 Å². The van der Waals surface area contributed by atoms with Gasteiger partial charge >= 0.3 is 0 Å². The summed E-state index contributed by atoms with van der Waals surface area (Å²) >= 11 is 0. The van der Waals surface area contributed by atoms with Crippen molar-refractivity contribution < 1.29 is 4.79 Å². The predicted octanol–water partition coefficient (Wildman–Crippen LogP) is 3.57. The number of unbranched alkanes of at least 4 members (excludes halogenated alkanes) is 1. The van der Waals surface area contributed by atoms with Crippen LogP contribution >= 0.6 is 0 Å². The standard InChI is InChI=1S/C17H21N3O/c1-3-4-5-13-6-8-15(9-7-13)20-17(21)16-10-14(18)11-19-12(16)2/h6-11H,3-5,18H2,1-2H3,(H,20,21). The van der Waals surface area contributed by atoms with Gasteiger partial charge in [-0.1, -0.05) is 25.5 Å². The summed E-state index contributed by atoms with van der Waals surface area (Å²) in [5.41, 5.74) is 9.41. The van der Waals surface area contributed by atoms with Crippen molar-refractivity contribution in [3.05, 3.63) is 53.3 Å². The zero-order valence-corrected chi connectivity index (χ0v) is 12.5. The molecule has 0 unspecified atom stereocenters. The molecule has 2 rings (SSSR count). The topological polar surface area (TPSA) is 68.0 Å². The average Bonchev–Trinajstić information content (AvgIpc) is 2.49. The van der Waals surface area contributed by atoms with Crippen LogP contribution < -0.4 is 11.1 Å². The highest BCUT2D eigenvalue weighted by Crippen LogP contribution is 2.15. The summed E-state index contributed by atoms with van der Waals surface area (Å²) in [5.74, 6) is -0.186. The van der Waals surface area contributed by atoms with Crippen LogP contribution in [-0.2, 0) is 6.42 Å². The summed E-state index contributed by atoms with van der Waals surface area (Å²) < 4.78 is 0. The molecule has 1 amide bonds. The third-order valence-corrected chi connectivity index (χ3v) is 3.38. The number of hydrogen-bond acceptors (Lipinski definition) is 3. The maximum absolute atomic E-state index is 12.2. The molecule has 0 aliphatic rings. The summed E-state index contributed by atoms with van der Waals surface area (Å²) in [6.45, 7) is 3.97. The lowest BCUT2D eigenvalue weighted by Gasteiger charge is -2.08. The van der Waals surface area contributed by atoms with E-state index >= 15 is 0 Å². The fraction of sp³-hybridized carbons (Fsp3) is 0.294. The van der Waals surface area contributed by atoms with Crippen LogP contribution in [0, 0.1) is 6.92 Å². The summed E-state index contributed by atoms with van der Waals surface area (Å²) in [5, 5.41) is 2.88. The van der Waals surface area contributed by atoms with Gasteiger partial charge in [0.15, 0.2) is 0 Å². The molecule has 0 atom stereocenters. The second-order valence-corrected chi connectivity index (χ2v) is 5.16. The Morgan fingerprint density at radius 2 is 2.00 bits per heavy atom. The Bertz CT molecular complexity index is 620. The van der Waals surface area contributed by atoms with Gasteiger partial charge in [0, 0.05) is 5.69 Å². The minimum absolute atomic E-state index is 0.186. The number of benzene rings is 1. The largest absolute Gasteiger partial charge is 0.397 e. The number of hydrogen-bond donors (Lipinski definition) is 2. The Kier molecular flexibility index (Phi) is 4.93. The first-order chi connectivity index (χ1) is 10.1. The molecule has 0 fully saturated rings. The molecule has 21 heavy (non-hydrogen) atoms. The molecule has 0 aliphatic carbocycles. The van der Waals surface area contributed by atoms with Gasteiger partial charge in [0.1, 0.15) is 0 Å². The lowest BCUT2D eigenvalue weighted by Crippen LogP contribution is -2.14. The number of rotatable bonds is 5. The van der Waals surface area contributed by atoms with Crippen molar-refractivity contribution in [2.75, 3.05) is 11.1 Å². The van der Waals surface area contributed by atoms with Gasteiger partial charge in [-0.15, -0.1) is 0 Å². The van der Waals surface area contributed by atoms with Crippen LogP contribution in [0.4, 0.5) is 11.4 Å². The Morgan fingerprint density at radius 3 is 2.67 bits per heavy atom. The Balaban J connectivity index is 2.07. The number of nitrogens with one attached hydrogen (secondary N) is 1. The smallest absolute Gasteiger partial charge is 0.257 e. The van der Waals surface area contributed by atoms with Crippen molar-refractivity contribution in [1.29, 1.82) is 0 Å². The van der Waals surface area contributed by atoms with Crippen LogP contribution in [0.5, 0.6) is 0 Å². The second-order valence-electron chi connectivity index (χ2n) is 5.16. The Labute approximate surface area is 125 Å². The van der Waals surface area contributed by atoms with E-state index in [0.29, 0.717) is 16.9 Å². The van der Waals surface area contributed by atoms with E-state index in [1.165, 1.54) is 18.4 Å². The Morgan fingerprint density at radius 1 is 1.29 bits per heavy atom. The van der Waals surface area contributed by atoms with Gasteiger partial charge in [0.2, 0.25) is 0 Å². The predicted molar refractivity (Wildman–Crippen MR) is 86.4 cm³/mol. The van der Waals surface area contributed by atoms with Crippen LogP contribution in [0.1, 0.15) is 41.4 Å². The molecule has 0 bridgehead atoms. The van der Waals surface area contributed by atoms with Gasteiger partial charge in [0.05, 0.1) is 23.1 Å². The van der Waals surface area contributed by atoms with E-state index in [9.17, 15) is 4.79 Å². The van der Waals surface area contributed by atoms with Crippen molar-refractivity contribution in [3.8, 4) is 0 Å². The number of amides is 1. The molecule has 0 saturated carbocycles. The lowest BCUT2D eigenvalue weighted by atomic mass is 10.1. The molecule has 0 spiro atoms. The number of anilines is 2. The fourth-order valence-electron chi connectivity index (χ4n) is 2.11. The second kappa shape index (κ2) is 6.88. The SMILES string of the molecule is CCCCc1ccc(NC(=O)c2cc(N)cnc2C)cc1. The molecule has 2 aromatic rings. The molecule has 4 nitrogen and oxygen atoms in total. The highest BCUT2D eigenvalue weighted by molar-refractivity contribution is 6.05. The first kappa shape index (κ1) is 15.0. The Hall–Kier alpha value is -2.36. The minimum atomic E-state index is -0.186. The molecule has 1 aromatic heterocycles. The maximum Gasteiger partial charge on any atom is 0.257 e. The molecular formula is C17H21N3O. The van der Waals surface area contributed by atoms with Crippen molar-refractivity contribution in [2.45, 2.75) is 33.1 Å². The van der Waals surface area contributed by atoms with E-state index in [0.717, 1.165) is 12.1 Å². The molecule has 0 radical (unpaired) electrons. The van der Waals surface area contributed by atoms with E-state index in [1.807, 2.05) is 12.1 Å². The summed E-state index contributed by atoms with van der Waals surface area (Å²) in [4.78, 5) is 16.3.